The van der Waals surface area contributed by atoms with E-state index in [0.717, 1.165) is 11.1 Å². The molecule has 3 aromatic rings. The first-order valence-electron chi connectivity index (χ1n) is 9.01. The molecule has 150 valence electrons. The van der Waals surface area contributed by atoms with Crippen LogP contribution in [0.2, 0.25) is 20.1 Å². The molecule has 0 spiro atoms. The summed E-state index contributed by atoms with van der Waals surface area (Å²) in [7, 11) is 0. The summed E-state index contributed by atoms with van der Waals surface area (Å²) in [5, 5.41) is 4.92. The van der Waals surface area contributed by atoms with E-state index in [1.54, 1.807) is 0 Å². The molecule has 0 saturated carbocycles. The van der Waals surface area contributed by atoms with Gasteiger partial charge in [0.25, 0.3) is 5.91 Å². The molecule has 0 saturated heterocycles. The van der Waals surface area contributed by atoms with Gasteiger partial charge in [-0.2, -0.15) is 0 Å². The molecule has 0 aliphatic heterocycles. The first-order valence-corrected chi connectivity index (χ1v) is 10.5. The lowest BCUT2D eigenvalue weighted by Crippen LogP contribution is -2.38. The van der Waals surface area contributed by atoms with Gasteiger partial charge in [0.1, 0.15) is 10.0 Å². The Morgan fingerprint density at radius 3 is 1.97 bits per heavy atom. The molecule has 7 heteroatoms. The van der Waals surface area contributed by atoms with Crippen molar-refractivity contribution in [1.82, 2.24) is 5.32 Å². The number of benzene rings is 2. The molecule has 0 aliphatic carbocycles. The molecule has 0 aliphatic rings. The lowest BCUT2D eigenvalue weighted by atomic mass is 9.86. The van der Waals surface area contributed by atoms with Gasteiger partial charge in [-0.05, 0) is 48.7 Å². The highest BCUT2D eigenvalue weighted by molar-refractivity contribution is 6.39. The van der Waals surface area contributed by atoms with Gasteiger partial charge in [-0.3, -0.25) is 4.79 Å². The zero-order valence-corrected chi connectivity index (χ0v) is 18.6. The standard InChI is InChI=1S/C22H18Cl4N2O/c1-13(28-22(29)21-19(25)11-27-12-20(21)26)18(15-4-8-17(24)9-5-15)10-14-2-6-16(23)7-3-14/h2-9,11-13,18H,10H2,1H3,(H,28,29)/p+1/t13-,18+/m1/s1. The number of rotatable bonds is 6. The van der Waals surface area contributed by atoms with Crippen LogP contribution in [0.5, 0.6) is 0 Å². The molecule has 1 aromatic heterocycles. The summed E-state index contributed by atoms with van der Waals surface area (Å²) in [5.74, 6) is -0.318. The van der Waals surface area contributed by atoms with E-state index >= 15 is 0 Å². The van der Waals surface area contributed by atoms with Gasteiger partial charge in [-0.25, -0.2) is 4.98 Å². The van der Waals surface area contributed by atoms with Crippen LogP contribution >= 0.6 is 46.4 Å². The van der Waals surface area contributed by atoms with Crippen molar-refractivity contribution in [3.8, 4) is 0 Å². The lowest BCUT2D eigenvalue weighted by Gasteiger charge is -2.26. The van der Waals surface area contributed by atoms with Gasteiger partial charge in [0.05, 0.1) is 5.56 Å². The molecule has 0 fully saturated rings. The topological polar surface area (TPSA) is 43.2 Å². The Morgan fingerprint density at radius 1 is 0.897 bits per heavy atom. The van der Waals surface area contributed by atoms with E-state index < -0.39 is 0 Å². The normalized spacial score (nSPS) is 13.0. The Hall–Kier alpha value is -1.78. The molecule has 3 nitrogen and oxygen atoms in total. The Labute approximate surface area is 190 Å². The fourth-order valence-electron chi connectivity index (χ4n) is 3.21. The minimum Gasteiger partial charge on any atom is -0.349 e. The van der Waals surface area contributed by atoms with Gasteiger partial charge < -0.3 is 5.32 Å². The molecular weight excluding hydrogens is 450 g/mol. The average molecular weight is 469 g/mol. The van der Waals surface area contributed by atoms with Crippen LogP contribution in [0.1, 0.15) is 34.3 Å². The predicted molar refractivity (Wildman–Crippen MR) is 119 cm³/mol. The maximum Gasteiger partial charge on any atom is 0.255 e. The first-order chi connectivity index (χ1) is 13.8. The van der Waals surface area contributed by atoms with Gasteiger partial charge in [-0.1, -0.05) is 70.7 Å². The fraction of sp³-hybridized carbons (Fsp3) is 0.182. The van der Waals surface area contributed by atoms with Crippen molar-refractivity contribution in [2.75, 3.05) is 0 Å². The number of aromatic amines is 1. The number of nitrogens with one attached hydrogen (secondary N) is 2. The minimum absolute atomic E-state index is 0.00483. The summed E-state index contributed by atoms with van der Waals surface area (Å²) in [4.78, 5) is 15.7. The Bertz CT molecular complexity index is 970. The third-order valence-electron chi connectivity index (χ3n) is 4.75. The van der Waals surface area contributed by atoms with Crippen LogP contribution in [0, 0.1) is 0 Å². The number of pyridine rings is 1. The minimum atomic E-state index is -0.323. The highest BCUT2D eigenvalue weighted by Gasteiger charge is 2.25. The van der Waals surface area contributed by atoms with E-state index in [1.165, 1.54) is 12.4 Å². The van der Waals surface area contributed by atoms with Crippen molar-refractivity contribution in [3.63, 3.8) is 0 Å². The highest BCUT2D eigenvalue weighted by atomic mass is 35.5. The van der Waals surface area contributed by atoms with Crippen molar-refractivity contribution in [2.45, 2.75) is 25.3 Å². The molecular formula is C22H19Cl4N2O+. The Kier molecular flexibility index (Phi) is 7.42. The van der Waals surface area contributed by atoms with Gasteiger partial charge in [-0.15, -0.1) is 0 Å². The van der Waals surface area contributed by atoms with E-state index in [2.05, 4.69) is 10.3 Å². The van der Waals surface area contributed by atoms with Crippen molar-refractivity contribution in [1.29, 1.82) is 0 Å². The largest absolute Gasteiger partial charge is 0.349 e. The number of carbonyl (C=O) groups is 1. The average Bonchev–Trinajstić information content (AvgIpc) is 2.68. The van der Waals surface area contributed by atoms with E-state index in [4.69, 9.17) is 46.4 Å². The van der Waals surface area contributed by atoms with Crippen LogP contribution in [-0.4, -0.2) is 11.9 Å². The maximum absolute atomic E-state index is 12.9. The smallest absolute Gasteiger partial charge is 0.255 e. The van der Waals surface area contributed by atoms with E-state index in [9.17, 15) is 4.79 Å². The van der Waals surface area contributed by atoms with Gasteiger partial charge in [0.2, 0.25) is 0 Å². The number of hydrogen-bond donors (Lipinski definition) is 1. The molecule has 0 bridgehead atoms. The van der Waals surface area contributed by atoms with Crippen molar-refractivity contribution >= 4 is 52.3 Å². The van der Waals surface area contributed by atoms with Crippen LogP contribution in [0.15, 0.2) is 60.9 Å². The molecule has 3 rings (SSSR count). The molecule has 29 heavy (non-hydrogen) atoms. The number of halogens is 4. The maximum atomic E-state index is 12.9. The van der Waals surface area contributed by atoms with E-state index in [1.807, 2.05) is 55.5 Å². The molecule has 2 N–H and O–H groups in total. The lowest BCUT2D eigenvalue weighted by molar-refractivity contribution is -0.377. The van der Waals surface area contributed by atoms with Crippen molar-refractivity contribution in [3.05, 3.63) is 97.7 Å². The van der Waals surface area contributed by atoms with Crippen LogP contribution in [0.3, 0.4) is 0 Å². The number of hydrogen-bond acceptors (Lipinski definition) is 1. The second-order valence-corrected chi connectivity index (χ2v) is 8.46. The van der Waals surface area contributed by atoms with E-state index in [0.29, 0.717) is 16.5 Å². The van der Waals surface area contributed by atoms with Crippen molar-refractivity contribution < 1.29 is 9.78 Å². The third-order valence-corrected chi connectivity index (χ3v) is 5.85. The predicted octanol–water partition coefficient (Wildman–Crippen LogP) is 6.26. The summed E-state index contributed by atoms with van der Waals surface area (Å²) in [6.45, 7) is 1.96. The SMILES string of the molecule is C[C@@H](NC(=O)c1c(Cl)c[nH+]cc1Cl)[C@H](Cc1ccc(Cl)cc1)c1ccc(Cl)cc1. The zero-order valence-electron chi connectivity index (χ0n) is 15.6. The molecule has 1 amide bonds. The Morgan fingerprint density at radius 2 is 1.41 bits per heavy atom. The molecule has 2 atom stereocenters. The van der Waals surface area contributed by atoms with E-state index in [-0.39, 0.29) is 33.5 Å². The second-order valence-electron chi connectivity index (χ2n) is 6.78. The van der Waals surface area contributed by atoms with Crippen LogP contribution < -0.4 is 10.3 Å². The second kappa shape index (κ2) is 9.82. The van der Waals surface area contributed by atoms with Gasteiger partial charge >= 0.3 is 0 Å². The monoisotopic (exact) mass is 467 g/mol. The van der Waals surface area contributed by atoms with Crippen LogP contribution in [-0.2, 0) is 6.42 Å². The zero-order chi connectivity index (χ0) is 21.0. The summed E-state index contributed by atoms with van der Waals surface area (Å²) in [5.41, 5.74) is 2.43. The summed E-state index contributed by atoms with van der Waals surface area (Å²) < 4.78 is 0. The third kappa shape index (κ3) is 5.64. The van der Waals surface area contributed by atoms with Gasteiger partial charge in [0, 0.05) is 22.0 Å². The number of amides is 1. The molecule has 2 aromatic carbocycles. The van der Waals surface area contributed by atoms with Crippen LogP contribution in [0.4, 0.5) is 0 Å². The number of aromatic nitrogens is 1. The number of H-pyrrole nitrogens is 1. The molecule has 1 heterocycles. The van der Waals surface area contributed by atoms with Crippen molar-refractivity contribution in [2.24, 2.45) is 0 Å². The highest BCUT2D eigenvalue weighted by Crippen LogP contribution is 2.28. The summed E-state index contributed by atoms with van der Waals surface area (Å²) in [6.07, 6.45) is 3.76. The summed E-state index contributed by atoms with van der Waals surface area (Å²) in [6, 6.07) is 15.1. The molecule has 0 radical (unpaired) electrons. The summed E-state index contributed by atoms with van der Waals surface area (Å²) >= 11 is 24.4. The quantitative estimate of drug-likeness (QED) is 0.455. The fourth-order valence-corrected chi connectivity index (χ4v) is 4.01. The first kappa shape index (κ1) is 21.9. The van der Waals surface area contributed by atoms with Crippen LogP contribution in [0.25, 0.3) is 0 Å². The van der Waals surface area contributed by atoms with Gasteiger partial charge in [0.15, 0.2) is 12.4 Å². The Balaban J connectivity index is 1.87. The number of carbonyl (C=O) groups excluding carboxylic acids is 1. The molecule has 0 unspecified atom stereocenters.